The van der Waals surface area contributed by atoms with Crippen LogP contribution in [0.2, 0.25) is 0 Å². The van der Waals surface area contributed by atoms with Crippen LogP contribution in [-0.4, -0.2) is 58.1 Å². The highest BCUT2D eigenvalue weighted by atomic mass is 16.5. The molecule has 0 spiro atoms. The molecule has 0 aromatic rings. The van der Waals surface area contributed by atoms with E-state index < -0.39 is 5.41 Å². The van der Waals surface area contributed by atoms with E-state index in [-0.39, 0.29) is 12.0 Å². The maximum atomic E-state index is 12.3. The van der Waals surface area contributed by atoms with Gasteiger partial charge in [0.25, 0.3) is 0 Å². The number of nitrogens with one attached hydrogen (secondary N) is 1. The lowest BCUT2D eigenvalue weighted by molar-refractivity contribution is -0.135. The largest absolute Gasteiger partial charge is 0.381 e. The van der Waals surface area contributed by atoms with Crippen LogP contribution in [0.4, 0.5) is 0 Å². The van der Waals surface area contributed by atoms with Gasteiger partial charge < -0.3 is 25.3 Å². The highest BCUT2D eigenvalue weighted by Gasteiger charge is 2.38. The Labute approximate surface area is 126 Å². The summed E-state index contributed by atoms with van der Waals surface area (Å²) in [5.41, 5.74) is 5.37. The third-order valence-corrected chi connectivity index (χ3v) is 4.40. The first-order chi connectivity index (χ1) is 10.3. The second kappa shape index (κ2) is 8.68. The smallest absolute Gasteiger partial charge is 0.227 e. The van der Waals surface area contributed by atoms with Crippen LogP contribution in [0.15, 0.2) is 0 Å². The lowest BCUT2D eigenvalue weighted by Gasteiger charge is -2.34. The predicted molar refractivity (Wildman–Crippen MR) is 79.0 cm³/mol. The van der Waals surface area contributed by atoms with Crippen molar-refractivity contribution in [2.45, 2.75) is 38.2 Å². The quantitative estimate of drug-likeness (QED) is 0.636. The number of carbonyl (C=O) groups is 1. The van der Waals surface area contributed by atoms with Crippen LogP contribution in [0.5, 0.6) is 0 Å². The summed E-state index contributed by atoms with van der Waals surface area (Å²) in [6.45, 7) is 4.43. The normalized spacial score (nSPS) is 24.9. The first-order valence-corrected chi connectivity index (χ1v) is 8.02. The average Bonchev–Trinajstić information content (AvgIpc) is 3.04. The van der Waals surface area contributed by atoms with E-state index in [4.69, 9.17) is 19.9 Å². The molecule has 1 unspecified atom stereocenters. The molecule has 2 aliphatic heterocycles. The fourth-order valence-electron chi connectivity index (χ4n) is 2.84. The number of rotatable bonds is 8. The lowest BCUT2D eigenvalue weighted by atomic mass is 9.79. The minimum Gasteiger partial charge on any atom is -0.381 e. The third kappa shape index (κ3) is 4.92. The Kier molecular flexibility index (Phi) is 6.89. The molecule has 0 radical (unpaired) electrons. The Balaban J connectivity index is 1.55. The zero-order valence-corrected chi connectivity index (χ0v) is 12.8. The molecular formula is C15H28N2O4. The molecular weight excluding hydrogens is 272 g/mol. The maximum absolute atomic E-state index is 12.3. The van der Waals surface area contributed by atoms with Crippen LogP contribution in [0, 0.1) is 5.41 Å². The molecule has 2 aliphatic rings. The SMILES string of the molecule is NCC1(C(=O)NCCCOCC2CCCO2)CCOCC1. The summed E-state index contributed by atoms with van der Waals surface area (Å²) in [5.74, 6) is 0.0624. The molecule has 1 amide bonds. The maximum Gasteiger partial charge on any atom is 0.227 e. The van der Waals surface area contributed by atoms with Gasteiger partial charge in [-0.05, 0) is 32.1 Å². The second-order valence-electron chi connectivity index (χ2n) is 5.92. The summed E-state index contributed by atoms with van der Waals surface area (Å²) in [7, 11) is 0. The highest BCUT2D eigenvalue weighted by molar-refractivity contribution is 5.83. The van der Waals surface area contributed by atoms with Crippen LogP contribution >= 0.6 is 0 Å². The molecule has 2 saturated heterocycles. The van der Waals surface area contributed by atoms with Gasteiger partial charge in [-0.3, -0.25) is 4.79 Å². The van der Waals surface area contributed by atoms with Crippen molar-refractivity contribution in [2.75, 3.05) is 46.1 Å². The molecule has 6 heteroatoms. The van der Waals surface area contributed by atoms with Gasteiger partial charge in [0.1, 0.15) is 0 Å². The van der Waals surface area contributed by atoms with E-state index in [2.05, 4.69) is 5.32 Å². The van der Waals surface area contributed by atoms with Crippen molar-refractivity contribution in [3.63, 3.8) is 0 Å². The number of hydrogen-bond acceptors (Lipinski definition) is 5. The highest BCUT2D eigenvalue weighted by Crippen LogP contribution is 2.29. The van der Waals surface area contributed by atoms with Crippen LogP contribution in [0.3, 0.4) is 0 Å². The minimum absolute atomic E-state index is 0.0624. The van der Waals surface area contributed by atoms with E-state index >= 15 is 0 Å². The van der Waals surface area contributed by atoms with E-state index in [9.17, 15) is 4.79 Å². The summed E-state index contributed by atoms with van der Waals surface area (Å²) in [6, 6.07) is 0. The summed E-state index contributed by atoms with van der Waals surface area (Å²) in [6.07, 6.45) is 4.74. The molecule has 21 heavy (non-hydrogen) atoms. The van der Waals surface area contributed by atoms with Crippen LogP contribution in [-0.2, 0) is 19.0 Å². The summed E-state index contributed by atoms with van der Waals surface area (Å²) >= 11 is 0. The Hall–Kier alpha value is -0.690. The van der Waals surface area contributed by atoms with Gasteiger partial charge in [-0.2, -0.15) is 0 Å². The predicted octanol–water partition coefficient (Wildman–Crippen LogP) is 0.444. The fourth-order valence-corrected chi connectivity index (χ4v) is 2.84. The lowest BCUT2D eigenvalue weighted by Crippen LogP contribution is -2.49. The molecule has 2 fully saturated rings. The molecule has 1 atom stereocenters. The van der Waals surface area contributed by atoms with Crippen LogP contribution in [0.1, 0.15) is 32.1 Å². The zero-order valence-electron chi connectivity index (χ0n) is 12.8. The summed E-state index contributed by atoms with van der Waals surface area (Å²) < 4.78 is 16.4. The van der Waals surface area contributed by atoms with Gasteiger partial charge in [0.15, 0.2) is 0 Å². The average molecular weight is 300 g/mol. The topological polar surface area (TPSA) is 82.8 Å². The molecule has 0 aliphatic carbocycles. The number of carbonyl (C=O) groups excluding carboxylic acids is 1. The van der Waals surface area contributed by atoms with E-state index in [1.807, 2.05) is 0 Å². The molecule has 0 saturated carbocycles. The number of hydrogen-bond donors (Lipinski definition) is 2. The van der Waals surface area contributed by atoms with Crippen molar-refractivity contribution in [3.8, 4) is 0 Å². The Morgan fingerprint density at radius 2 is 2.14 bits per heavy atom. The van der Waals surface area contributed by atoms with E-state index in [1.54, 1.807) is 0 Å². The standard InChI is InChI=1S/C15H28N2O4/c16-12-15(4-9-19-10-5-15)14(18)17-6-2-7-20-11-13-3-1-8-21-13/h13H,1-12,16H2,(H,17,18). The molecule has 0 aromatic heterocycles. The minimum atomic E-state index is -0.434. The molecule has 6 nitrogen and oxygen atoms in total. The number of amides is 1. The van der Waals surface area contributed by atoms with Gasteiger partial charge in [0.2, 0.25) is 5.91 Å². The summed E-state index contributed by atoms with van der Waals surface area (Å²) in [4.78, 5) is 12.3. The molecule has 0 bridgehead atoms. The Morgan fingerprint density at radius 1 is 1.33 bits per heavy atom. The van der Waals surface area contributed by atoms with Gasteiger partial charge in [-0.25, -0.2) is 0 Å². The van der Waals surface area contributed by atoms with Crippen LogP contribution in [0.25, 0.3) is 0 Å². The van der Waals surface area contributed by atoms with E-state index in [1.165, 1.54) is 0 Å². The van der Waals surface area contributed by atoms with Crippen molar-refractivity contribution in [2.24, 2.45) is 11.1 Å². The van der Waals surface area contributed by atoms with Crippen molar-refractivity contribution in [1.29, 1.82) is 0 Å². The first-order valence-electron chi connectivity index (χ1n) is 8.02. The number of nitrogens with two attached hydrogens (primary N) is 1. The van der Waals surface area contributed by atoms with Crippen molar-refractivity contribution in [1.82, 2.24) is 5.32 Å². The monoisotopic (exact) mass is 300 g/mol. The number of ether oxygens (including phenoxy) is 3. The fraction of sp³-hybridized carbons (Fsp3) is 0.933. The zero-order chi connectivity index (χ0) is 15.0. The van der Waals surface area contributed by atoms with Gasteiger partial charge in [-0.15, -0.1) is 0 Å². The van der Waals surface area contributed by atoms with Gasteiger partial charge in [0, 0.05) is 39.5 Å². The molecule has 122 valence electrons. The Bertz CT molecular complexity index is 313. The van der Waals surface area contributed by atoms with E-state index in [0.717, 1.165) is 25.9 Å². The third-order valence-electron chi connectivity index (χ3n) is 4.40. The van der Waals surface area contributed by atoms with E-state index in [0.29, 0.717) is 52.4 Å². The van der Waals surface area contributed by atoms with Gasteiger partial charge in [0.05, 0.1) is 18.1 Å². The molecule has 2 rings (SSSR count). The molecule has 2 heterocycles. The Morgan fingerprint density at radius 3 is 2.81 bits per heavy atom. The van der Waals surface area contributed by atoms with Crippen LogP contribution < -0.4 is 11.1 Å². The summed E-state index contributed by atoms with van der Waals surface area (Å²) in [5, 5.41) is 2.99. The molecule has 0 aromatic carbocycles. The van der Waals surface area contributed by atoms with Crippen molar-refractivity contribution in [3.05, 3.63) is 0 Å². The first kappa shape index (κ1) is 16.7. The second-order valence-corrected chi connectivity index (χ2v) is 5.92. The van der Waals surface area contributed by atoms with Gasteiger partial charge in [-0.1, -0.05) is 0 Å². The van der Waals surface area contributed by atoms with Gasteiger partial charge >= 0.3 is 0 Å². The van der Waals surface area contributed by atoms with Crippen molar-refractivity contribution >= 4 is 5.91 Å². The molecule has 3 N–H and O–H groups in total. The van der Waals surface area contributed by atoms with Crippen molar-refractivity contribution < 1.29 is 19.0 Å².